The van der Waals surface area contributed by atoms with Gasteiger partial charge in [-0.2, -0.15) is 13.5 Å². The number of carboxylic acids is 1. The smallest absolute Gasteiger partial charge is 0.337 e. The number of hydrazone groups is 1. The third-order valence-electron chi connectivity index (χ3n) is 3.97. The Bertz CT molecular complexity index is 1280. The second-order valence-electron chi connectivity index (χ2n) is 6.09. The van der Waals surface area contributed by atoms with Crippen molar-refractivity contribution in [3.8, 4) is 5.75 Å². The minimum atomic E-state index is -4.49. The SMILES string of the molecule is O=C(O)c1ccccc1N=N/C(=N/Nc1cc(S(=O)(=O)O)ccc1O)c1ccccc1.[Na]. The molecule has 4 N–H and O–H groups in total. The first-order valence-corrected chi connectivity index (χ1v) is 10.1. The average Bonchev–Trinajstić information content (AvgIpc) is 2.75. The fourth-order valence-corrected chi connectivity index (χ4v) is 2.96. The van der Waals surface area contributed by atoms with Gasteiger partial charge >= 0.3 is 5.97 Å². The summed E-state index contributed by atoms with van der Waals surface area (Å²) in [7, 11) is -4.49. The summed E-state index contributed by atoms with van der Waals surface area (Å²) in [5.74, 6) is -1.47. The van der Waals surface area contributed by atoms with Crippen LogP contribution in [0.15, 0.2) is 93.0 Å². The molecule has 0 aromatic heterocycles. The molecule has 0 aliphatic rings. The van der Waals surface area contributed by atoms with Crippen LogP contribution in [0.1, 0.15) is 15.9 Å². The van der Waals surface area contributed by atoms with Gasteiger partial charge in [-0.25, -0.2) is 4.79 Å². The van der Waals surface area contributed by atoms with E-state index in [1.54, 1.807) is 42.5 Å². The van der Waals surface area contributed by atoms with E-state index in [-0.39, 0.29) is 58.1 Å². The van der Waals surface area contributed by atoms with Crippen LogP contribution in [0, 0.1) is 0 Å². The zero-order valence-electron chi connectivity index (χ0n) is 16.7. The third kappa shape index (κ3) is 6.45. The van der Waals surface area contributed by atoms with Crippen LogP contribution in [-0.4, -0.2) is 64.5 Å². The zero-order valence-corrected chi connectivity index (χ0v) is 19.6. The first-order valence-electron chi connectivity index (χ1n) is 8.69. The van der Waals surface area contributed by atoms with Gasteiger partial charge in [0.2, 0.25) is 5.84 Å². The molecule has 0 saturated heterocycles. The fourth-order valence-electron chi connectivity index (χ4n) is 2.45. The molecule has 32 heavy (non-hydrogen) atoms. The topological polar surface area (TPSA) is 161 Å². The normalized spacial score (nSPS) is 11.7. The van der Waals surface area contributed by atoms with Gasteiger partial charge in [0.05, 0.1) is 16.1 Å². The van der Waals surface area contributed by atoms with Crippen molar-refractivity contribution in [1.29, 1.82) is 0 Å². The molecule has 0 amide bonds. The molecule has 0 fully saturated rings. The summed E-state index contributed by atoms with van der Waals surface area (Å²) in [6.07, 6.45) is 0. The Morgan fingerprint density at radius 1 is 0.938 bits per heavy atom. The number of nitrogens with zero attached hydrogens (tertiary/aromatic N) is 3. The van der Waals surface area contributed by atoms with Crippen LogP contribution < -0.4 is 5.43 Å². The molecule has 12 heteroatoms. The van der Waals surface area contributed by atoms with Crippen LogP contribution in [0.3, 0.4) is 0 Å². The number of hydrogen-bond acceptors (Lipinski definition) is 7. The zero-order chi connectivity index (χ0) is 22.4. The number of carboxylic acid groups (broad SMARTS) is 1. The number of benzene rings is 3. The van der Waals surface area contributed by atoms with Gasteiger partial charge < -0.3 is 10.2 Å². The van der Waals surface area contributed by atoms with Crippen LogP contribution in [0.25, 0.3) is 0 Å². The fraction of sp³-hybridized carbons (Fsp3) is 0. The van der Waals surface area contributed by atoms with E-state index < -0.39 is 21.0 Å². The van der Waals surface area contributed by atoms with Crippen molar-refractivity contribution in [3.63, 3.8) is 0 Å². The van der Waals surface area contributed by atoms with Crippen LogP contribution >= 0.6 is 0 Å². The Balaban J connectivity index is 0.00000363. The number of anilines is 1. The Hall–Kier alpha value is -3.09. The van der Waals surface area contributed by atoms with Gasteiger partial charge in [-0.05, 0) is 30.3 Å². The summed E-state index contributed by atoms with van der Waals surface area (Å²) in [6, 6.07) is 17.7. The van der Waals surface area contributed by atoms with Crippen LogP contribution in [0.4, 0.5) is 11.4 Å². The van der Waals surface area contributed by atoms with E-state index in [9.17, 15) is 28.0 Å². The van der Waals surface area contributed by atoms with Crippen molar-refractivity contribution in [2.45, 2.75) is 4.90 Å². The second kappa shape index (κ2) is 11.0. The molecule has 0 bridgehead atoms. The van der Waals surface area contributed by atoms with Gasteiger partial charge in [-0.1, -0.05) is 42.5 Å². The number of carbonyl (C=O) groups is 1. The van der Waals surface area contributed by atoms with Gasteiger partial charge in [0.1, 0.15) is 11.4 Å². The van der Waals surface area contributed by atoms with Gasteiger partial charge in [0.25, 0.3) is 10.1 Å². The Morgan fingerprint density at radius 2 is 1.59 bits per heavy atom. The number of aromatic hydroxyl groups is 1. The summed E-state index contributed by atoms with van der Waals surface area (Å²) in [5, 5.41) is 31.3. The number of aromatic carboxylic acids is 1. The van der Waals surface area contributed by atoms with E-state index in [1.165, 1.54) is 12.1 Å². The molecule has 0 aliphatic carbocycles. The van der Waals surface area contributed by atoms with E-state index >= 15 is 0 Å². The molecule has 159 valence electrons. The molecule has 0 heterocycles. The van der Waals surface area contributed by atoms with Gasteiger partial charge in [-0.15, -0.1) is 10.2 Å². The summed E-state index contributed by atoms with van der Waals surface area (Å²) in [4.78, 5) is 10.9. The molecule has 3 rings (SSSR count). The monoisotopic (exact) mass is 463 g/mol. The van der Waals surface area contributed by atoms with Crippen LogP contribution in [0.2, 0.25) is 0 Å². The standard InChI is InChI=1S/C20H16N4O6S.Na/c25-18-11-10-14(31(28,29)30)12-17(18)22-24-19(13-6-2-1-3-7-13)23-21-16-9-5-4-8-15(16)20(26)27;/h1-12,22,25H,(H,26,27)(H,28,29,30);/b23-21?,24-19+;. The number of rotatable bonds is 6. The number of nitrogens with one attached hydrogen (secondary N) is 1. The van der Waals surface area contributed by atoms with Crippen molar-refractivity contribution >= 4 is 62.9 Å². The van der Waals surface area contributed by atoms with Crippen molar-refractivity contribution < 1.29 is 28.0 Å². The number of hydrogen-bond donors (Lipinski definition) is 4. The van der Waals surface area contributed by atoms with Crippen LogP contribution in [-0.2, 0) is 10.1 Å². The van der Waals surface area contributed by atoms with Crippen molar-refractivity contribution in [1.82, 2.24) is 0 Å². The summed E-state index contributed by atoms with van der Waals surface area (Å²) in [5.41, 5.74) is 2.95. The molecular formula is C20H16N4NaO6S. The molecule has 3 aromatic carbocycles. The number of phenols is 1. The largest absolute Gasteiger partial charge is 0.506 e. The summed E-state index contributed by atoms with van der Waals surface area (Å²) in [6.45, 7) is 0. The molecule has 0 atom stereocenters. The van der Waals surface area contributed by atoms with Gasteiger partial charge in [-0.3, -0.25) is 9.98 Å². The van der Waals surface area contributed by atoms with E-state index in [2.05, 4.69) is 20.8 Å². The predicted octanol–water partition coefficient (Wildman–Crippen LogP) is 3.51. The summed E-state index contributed by atoms with van der Waals surface area (Å²) >= 11 is 0. The summed E-state index contributed by atoms with van der Waals surface area (Å²) < 4.78 is 31.8. The minimum Gasteiger partial charge on any atom is -0.506 e. The molecule has 0 unspecified atom stereocenters. The molecule has 3 aromatic rings. The third-order valence-corrected chi connectivity index (χ3v) is 4.82. The van der Waals surface area contributed by atoms with Crippen molar-refractivity contribution in [3.05, 3.63) is 83.9 Å². The van der Waals surface area contributed by atoms with Crippen LogP contribution in [0.5, 0.6) is 5.75 Å². The molecular weight excluding hydrogens is 447 g/mol. The van der Waals surface area contributed by atoms with Gasteiger partial charge in [0, 0.05) is 35.1 Å². The maximum atomic E-state index is 11.4. The Morgan fingerprint density at radius 3 is 2.25 bits per heavy atom. The predicted molar refractivity (Wildman–Crippen MR) is 118 cm³/mol. The Labute approximate surface area is 205 Å². The molecule has 1 radical (unpaired) electrons. The molecule has 0 aliphatic heterocycles. The second-order valence-corrected chi connectivity index (χ2v) is 7.51. The first-order chi connectivity index (χ1) is 14.8. The molecule has 10 nitrogen and oxygen atoms in total. The molecule has 0 spiro atoms. The maximum absolute atomic E-state index is 11.4. The maximum Gasteiger partial charge on any atom is 0.337 e. The van der Waals surface area contributed by atoms with Crippen molar-refractivity contribution in [2.24, 2.45) is 15.3 Å². The number of phenolic OH excluding ortho intramolecular Hbond substituents is 1. The Kier molecular flexibility index (Phi) is 8.63. The van der Waals surface area contributed by atoms with E-state index in [4.69, 9.17) is 0 Å². The van der Waals surface area contributed by atoms with E-state index in [0.717, 1.165) is 18.2 Å². The quantitative estimate of drug-likeness (QED) is 0.0827. The number of azo groups is 1. The number of amidine groups is 1. The van der Waals surface area contributed by atoms with E-state index in [1.807, 2.05) is 0 Å². The average molecular weight is 463 g/mol. The first kappa shape index (κ1) is 25.2. The molecule has 0 saturated carbocycles. The van der Waals surface area contributed by atoms with E-state index in [0.29, 0.717) is 5.56 Å². The minimum absolute atomic E-state index is 0. The van der Waals surface area contributed by atoms with Crippen molar-refractivity contribution in [2.75, 3.05) is 5.43 Å². The van der Waals surface area contributed by atoms with Gasteiger partial charge in [0.15, 0.2) is 0 Å².